The number of rotatable bonds is 9. The number of hydrogen-bond acceptors (Lipinski definition) is 4. The van der Waals surface area contributed by atoms with Crippen LogP contribution in [-0.2, 0) is 32.3 Å². The first-order chi connectivity index (χ1) is 18.2. The van der Waals surface area contributed by atoms with Gasteiger partial charge >= 0.3 is 6.18 Å². The van der Waals surface area contributed by atoms with Crippen molar-refractivity contribution in [2.75, 3.05) is 17.1 Å². The molecule has 1 aliphatic carbocycles. The Kier molecular flexibility index (Phi) is 9.93. The molecule has 0 spiro atoms. The van der Waals surface area contributed by atoms with E-state index in [-0.39, 0.29) is 23.5 Å². The highest BCUT2D eigenvalue weighted by atomic mass is 35.5. The summed E-state index contributed by atoms with van der Waals surface area (Å²) < 4.78 is 66.1. The normalized spacial score (nSPS) is 15.5. The van der Waals surface area contributed by atoms with Crippen molar-refractivity contribution in [3.8, 4) is 0 Å². The van der Waals surface area contributed by atoms with E-state index in [1.54, 1.807) is 19.1 Å². The summed E-state index contributed by atoms with van der Waals surface area (Å²) in [5.74, 6) is -1.15. The average molecular weight is 588 g/mol. The molecule has 2 aromatic carbocycles. The standard InChI is InChI=1S/C27H33ClF3N3O4S/c1-18-9-11-20(12-10-18)16-33(19(2)26(36)32-22-7-5-4-6-8-22)25(35)17-34(39(3,37)38)24-15-21(27(29,30)31)13-14-23(24)28/h9-15,19,22H,4-8,16-17H2,1-3H3,(H,32,36)/t19-/m1/s1. The van der Waals surface area contributed by atoms with Crippen LogP contribution < -0.4 is 9.62 Å². The number of nitrogens with zero attached hydrogens (tertiary/aromatic N) is 2. The van der Waals surface area contributed by atoms with E-state index in [1.165, 1.54) is 4.90 Å². The zero-order valence-electron chi connectivity index (χ0n) is 22.1. The van der Waals surface area contributed by atoms with Gasteiger partial charge in [0.05, 0.1) is 22.5 Å². The second-order valence-electron chi connectivity index (χ2n) is 9.96. The quantitative estimate of drug-likeness (QED) is 0.431. The van der Waals surface area contributed by atoms with Crippen molar-refractivity contribution in [1.82, 2.24) is 10.2 Å². The summed E-state index contributed by atoms with van der Waals surface area (Å²) in [6.45, 7) is 2.60. The van der Waals surface area contributed by atoms with Crippen molar-refractivity contribution in [2.24, 2.45) is 0 Å². The SMILES string of the molecule is Cc1ccc(CN(C(=O)CN(c2cc(C(F)(F)F)ccc2Cl)S(C)(=O)=O)[C@H](C)C(=O)NC2CCCCC2)cc1. The van der Waals surface area contributed by atoms with Gasteiger partial charge in [0.2, 0.25) is 21.8 Å². The number of benzene rings is 2. The number of anilines is 1. The number of alkyl halides is 3. The molecule has 214 valence electrons. The van der Waals surface area contributed by atoms with Crippen molar-refractivity contribution in [2.45, 2.75) is 70.8 Å². The summed E-state index contributed by atoms with van der Waals surface area (Å²) in [7, 11) is -4.24. The molecule has 0 aromatic heterocycles. The third kappa shape index (κ3) is 8.35. The van der Waals surface area contributed by atoms with Gasteiger partial charge in [0.25, 0.3) is 0 Å². The first kappa shape index (κ1) is 30.7. The molecule has 2 aromatic rings. The number of sulfonamides is 1. The fraction of sp³-hybridized carbons (Fsp3) is 0.481. The lowest BCUT2D eigenvalue weighted by atomic mass is 9.95. The number of amides is 2. The molecule has 0 radical (unpaired) electrons. The summed E-state index contributed by atoms with van der Waals surface area (Å²) in [5.41, 5.74) is 0.105. The maximum absolute atomic E-state index is 13.7. The molecule has 1 atom stereocenters. The van der Waals surface area contributed by atoms with Crippen molar-refractivity contribution in [3.63, 3.8) is 0 Å². The fourth-order valence-corrected chi connectivity index (χ4v) is 5.64. The van der Waals surface area contributed by atoms with E-state index in [9.17, 15) is 31.2 Å². The summed E-state index contributed by atoms with van der Waals surface area (Å²) in [6, 6.07) is 8.55. The molecule has 0 aliphatic heterocycles. The predicted octanol–water partition coefficient (Wildman–Crippen LogP) is 5.30. The maximum Gasteiger partial charge on any atom is 0.416 e. The van der Waals surface area contributed by atoms with Gasteiger partial charge in [-0.25, -0.2) is 8.42 Å². The maximum atomic E-state index is 13.7. The molecule has 2 amide bonds. The van der Waals surface area contributed by atoms with Crippen LogP contribution in [0.3, 0.4) is 0 Å². The molecule has 39 heavy (non-hydrogen) atoms. The summed E-state index contributed by atoms with van der Waals surface area (Å²) in [4.78, 5) is 28.1. The zero-order valence-corrected chi connectivity index (χ0v) is 23.7. The highest BCUT2D eigenvalue weighted by molar-refractivity contribution is 7.92. The fourth-order valence-electron chi connectivity index (χ4n) is 4.52. The van der Waals surface area contributed by atoms with E-state index in [2.05, 4.69) is 5.32 Å². The molecule has 0 saturated heterocycles. The third-order valence-electron chi connectivity index (χ3n) is 6.81. The molecule has 1 saturated carbocycles. The molecule has 7 nitrogen and oxygen atoms in total. The average Bonchev–Trinajstić information content (AvgIpc) is 2.86. The van der Waals surface area contributed by atoms with E-state index in [0.717, 1.165) is 56.1 Å². The van der Waals surface area contributed by atoms with Gasteiger partial charge in [-0.2, -0.15) is 13.2 Å². The van der Waals surface area contributed by atoms with Gasteiger partial charge < -0.3 is 10.2 Å². The topological polar surface area (TPSA) is 86.8 Å². The molecule has 0 unspecified atom stereocenters. The smallest absolute Gasteiger partial charge is 0.352 e. The molecule has 1 fully saturated rings. The van der Waals surface area contributed by atoms with E-state index in [4.69, 9.17) is 11.6 Å². The molecule has 0 heterocycles. The largest absolute Gasteiger partial charge is 0.416 e. The van der Waals surface area contributed by atoms with Crippen LogP contribution in [0.4, 0.5) is 18.9 Å². The van der Waals surface area contributed by atoms with Gasteiger partial charge in [-0.15, -0.1) is 0 Å². The van der Waals surface area contributed by atoms with Crippen molar-refractivity contribution in [3.05, 3.63) is 64.2 Å². The summed E-state index contributed by atoms with van der Waals surface area (Å²) >= 11 is 6.11. The molecular formula is C27H33ClF3N3O4S. The first-order valence-electron chi connectivity index (χ1n) is 12.7. The Morgan fingerprint density at radius 2 is 1.69 bits per heavy atom. The van der Waals surface area contributed by atoms with Crippen LogP contribution in [0, 0.1) is 6.92 Å². The number of carbonyl (C=O) groups excluding carboxylic acids is 2. The number of halogens is 4. The van der Waals surface area contributed by atoms with Crippen LogP contribution in [0.2, 0.25) is 5.02 Å². The lowest BCUT2D eigenvalue weighted by Crippen LogP contribution is -2.53. The number of hydrogen-bond donors (Lipinski definition) is 1. The van der Waals surface area contributed by atoms with Crippen molar-refractivity contribution < 1.29 is 31.2 Å². The molecule has 3 rings (SSSR count). The van der Waals surface area contributed by atoms with Crippen LogP contribution in [0.25, 0.3) is 0 Å². The van der Waals surface area contributed by atoms with E-state index in [1.807, 2.05) is 19.1 Å². The highest BCUT2D eigenvalue weighted by Gasteiger charge is 2.35. The Morgan fingerprint density at radius 1 is 1.08 bits per heavy atom. The lowest BCUT2D eigenvalue weighted by Gasteiger charge is -2.33. The van der Waals surface area contributed by atoms with Gasteiger partial charge in [0.1, 0.15) is 12.6 Å². The van der Waals surface area contributed by atoms with Gasteiger partial charge in [-0.3, -0.25) is 13.9 Å². The predicted molar refractivity (Wildman–Crippen MR) is 145 cm³/mol. The van der Waals surface area contributed by atoms with E-state index < -0.39 is 45.9 Å². The van der Waals surface area contributed by atoms with E-state index >= 15 is 0 Å². The van der Waals surface area contributed by atoms with Gasteiger partial charge in [-0.1, -0.05) is 60.7 Å². The second kappa shape index (κ2) is 12.6. The van der Waals surface area contributed by atoms with Crippen LogP contribution >= 0.6 is 11.6 Å². The van der Waals surface area contributed by atoms with Crippen LogP contribution in [0.15, 0.2) is 42.5 Å². The molecule has 0 bridgehead atoms. The van der Waals surface area contributed by atoms with Gasteiger partial charge in [0, 0.05) is 12.6 Å². The Hall–Kier alpha value is -2.79. The Labute approximate surface area is 232 Å². The molecule has 1 aliphatic rings. The highest BCUT2D eigenvalue weighted by Crippen LogP contribution is 2.36. The lowest BCUT2D eigenvalue weighted by molar-refractivity contribution is -0.139. The minimum Gasteiger partial charge on any atom is -0.352 e. The van der Waals surface area contributed by atoms with Crippen LogP contribution in [0.1, 0.15) is 55.7 Å². The monoisotopic (exact) mass is 587 g/mol. The van der Waals surface area contributed by atoms with Crippen LogP contribution in [-0.4, -0.2) is 50.0 Å². The Balaban J connectivity index is 1.94. The minimum absolute atomic E-state index is 0.00765. The summed E-state index contributed by atoms with van der Waals surface area (Å²) in [5, 5.41) is 2.72. The number of nitrogens with one attached hydrogen (secondary N) is 1. The zero-order chi connectivity index (χ0) is 29.0. The van der Waals surface area contributed by atoms with Crippen molar-refractivity contribution in [1.29, 1.82) is 0 Å². The first-order valence-corrected chi connectivity index (χ1v) is 14.9. The number of aryl methyl sites for hydroxylation is 1. The Morgan fingerprint density at radius 3 is 2.26 bits per heavy atom. The molecular weight excluding hydrogens is 555 g/mol. The van der Waals surface area contributed by atoms with E-state index in [0.29, 0.717) is 15.9 Å². The third-order valence-corrected chi connectivity index (χ3v) is 8.26. The van der Waals surface area contributed by atoms with Gasteiger partial charge in [-0.05, 0) is 50.5 Å². The molecule has 1 N–H and O–H groups in total. The van der Waals surface area contributed by atoms with Gasteiger partial charge in [0.15, 0.2) is 0 Å². The summed E-state index contributed by atoms with van der Waals surface area (Å²) in [6.07, 6.45) is 0.773. The molecule has 12 heteroatoms. The number of carbonyl (C=O) groups is 2. The van der Waals surface area contributed by atoms with Crippen LogP contribution in [0.5, 0.6) is 0 Å². The Bertz CT molecular complexity index is 1280. The van der Waals surface area contributed by atoms with Crippen molar-refractivity contribution >= 4 is 39.1 Å². The second-order valence-corrected chi connectivity index (χ2v) is 12.3. The minimum atomic E-state index is -4.75.